The van der Waals surface area contributed by atoms with Crippen molar-refractivity contribution in [1.82, 2.24) is 9.21 Å². The first-order chi connectivity index (χ1) is 15.8. The predicted molar refractivity (Wildman–Crippen MR) is 124 cm³/mol. The Morgan fingerprint density at radius 2 is 1.52 bits per heavy atom. The fourth-order valence-electron chi connectivity index (χ4n) is 3.79. The fraction of sp³-hybridized carbons (Fsp3) is 0.250. The van der Waals surface area contributed by atoms with Crippen molar-refractivity contribution in [2.75, 3.05) is 31.5 Å². The first kappa shape index (κ1) is 22.9. The zero-order valence-corrected chi connectivity index (χ0v) is 18.7. The lowest BCUT2D eigenvalue weighted by molar-refractivity contribution is -0.133. The summed E-state index contributed by atoms with van der Waals surface area (Å²) in [6.07, 6.45) is 0.0102. The smallest absolute Gasteiger partial charge is 0.243 e. The van der Waals surface area contributed by atoms with Gasteiger partial charge < -0.3 is 10.2 Å². The predicted octanol–water partition coefficient (Wildman–Crippen LogP) is 3.23. The molecular weight excluding hydrogens is 445 g/mol. The number of anilines is 1. The van der Waals surface area contributed by atoms with Gasteiger partial charge >= 0.3 is 0 Å². The number of carbonyl (C=O) groups is 2. The molecule has 0 saturated carbocycles. The first-order valence-corrected chi connectivity index (χ1v) is 12.1. The van der Waals surface area contributed by atoms with Crippen LogP contribution in [0.1, 0.15) is 12.8 Å². The lowest BCUT2D eigenvalue weighted by Gasteiger charge is -2.34. The summed E-state index contributed by atoms with van der Waals surface area (Å²) in [5.74, 6) is -0.940. The average Bonchev–Trinajstić information content (AvgIpc) is 2.83. The molecule has 7 nitrogen and oxygen atoms in total. The van der Waals surface area contributed by atoms with E-state index in [4.69, 9.17) is 0 Å². The van der Waals surface area contributed by atoms with Gasteiger partial charge in [-0.2, -0.15) is 4.31 Å². The van der Waals surface area contributed by atoms with Gasteiger partial charge in [-0.15, -0.1) is 0 Å². The molecule has 2 amide bonds. The van der Waals surface area contributed by atoms with Crippen molar-refractivity contribution in [3.63, 3.8) is 0 Å². The highest BCUT2D eigenvalue weighted by atomic mass is 32.2. The minimum absolute atomic E-state index is 0.00812. The summed E-state index contributed by atoms with van der Waals surface area (Å²) in [6.45, 7) is 0.932. The highest BCUT2D eigenvalue weighted by molar-refractivity contribution is 7.89. The second kappa shape index (κ2) is 9.68. The number of hydrogen-bond donors (Lipinski definition) is 1. The van der Waals surface area contributed by atoms with Crippen LogP contribution in [0.4, 0.5) is 10.1 Å². The quantitative estimate of drug-likeness (QED) is 0.601. The van der Waals surface area contributed by atoms with Gasteiger partial charge in [0.1, 0.15) is 5.82 Å². The summed E-state index contributed by atoms with van der Waals surface area (Å²) >= 11 is 0. The second-order valence-corrected chi connectivity index (χ2v) is 9.79. The van der Waals surface area contributed by atoms with E-state index in [9.17, 15) is 22.4 Å². The molecule has 172 valence electrons. The van der Waals surface area contributed by atoms with Gasteiger partial charge in [0.25, 0.3) is 0 Å². The van der Waals surface area contributed by atoms with Crippen molar-refractivity contribution in [2.45, 2.75) is 17.7 Å². The molecule has 1 fully saturated rings. The Bertz CT molecular complexity index is 1270. The number of hydrogen-bond acceptors (Lipinski definition) is 4. The van der Waals surface area contributed by atoms with Crippen LogP contribution < -0.4 is 5.32 Å². The van der Waals surface area contributed by atoms with E-state index >= 15 is 0 Å². The maximum Gasteiger partial charge on any atom is 0.243 e. The van der Waals surface area contributed by atoms with Crippen molar-refractivity contribution in [3.8, 4) is 0 Å². The van der Waals surface area contributed by atoms with Crippen LogP contribution in [0.5, 0.6) is 0 Å². The summed E-state index contributed by atoms with van der Waals surface area (Å²) in [4.78, 5) is 26.4. The minimum atomic E-state index is -3.66. The number of rotatable bonds is 6. The van der Waals surface area contributed by atoms with E-state index in [1.165, 1.54) is 28.6 Å². The first-order valence-electron chi connectivity index (χ1n) is 10.6. The fourth-order valence-corrected chi connectivity index (χ4v) is 5.25. The van der Waals surface area contributed by atoms with Crippen LogP contribution in [0.2, 0.25) is 0 Å². The van der Waals surface area contributed by atoms with Gasteiger partial charge in [0.15, 0.2) is 0 Å². The number of carbonyl (C=O) groups excluding carboxylic acids is 2. The number of piperazine rings is 1. The van der Waals surface area contributed by atoms with E-state index in [1.54, 1.807) is 23.1 Å². The Labute approximate surface area is 191 Å². The maximum atomic E-state index is 13.1. The van der Waals surface area contributed by atoms with Crippen LogP contribution in [-0.2, 0) is 19.6 Å². The van der Waals surface area contributed by atoms with Crippen LogP contribution >= 0.6 is 0 Å². The zero-order valence-electron chi connectivity index (χ0n) is 17.9. The van der Waals surface area contributed by atoms with E-state index in [0.717, 1.165) is 10.8 Å². The second-order valence-electron chi connectivity index (χ2n) is 7.85. The molecule has 1 aliphatic rings. The summed E-state index contributed by atoms with van der Waals surface area (Å²) in [7, 11) is -3.66. The third kappa shape index (κ3) is 5.37. The van der Waals surface area contributed by atoms with Crippen LogP contribution in [0.25, 0.3) is 10.8 Å². The molecule has 1 N–H and O–H groups in total. The third-order valence-electron chi connectivity index (χ3n) is 5.64. The SMILES string of the molecule is O=C(CCC(=O)N1CCN(S(=O)(=O)c2ccc3ccccc3c2)CC1)Nc1ccc(F)cc1. The van der Waals surface area contributed by atoms with Crippen molar-refractivity contribution in [2.24, 2.45) is 0 Å². The van der Waals surface area contributed by atoms with E-state index in [0.29, 0.717) is 5.69 Å². The number of sulfonamides is 1. The van der Waals surface area contributed by atoms with Crippen LogP contribution in [0, 0.1) is 5.82 Å². The van der Waals surface area contributed by atoms with Gasteiger partial charge in [-0.3, -0.25) is 9.59 Å². The Hall–Kier alpha value is -3.30. The number of halogens is 1. The van der Waals surface area contributed by atoms with Crippen LogP contribution in [0.3, 0.4) is 0 Å². The summed E-state index contributed by atoms with van der Waals surface area (Å²) in [6, 6.07) is 18.0. The van der Waals surface area contributed by atoms with Crippen molar-refractivity contribution in [1.29, 1.82) is 0 Å². The summed E-state index contributed by atoms with van der Waals surface area (Å²) < 4.78 is 40.5. The van der Waals surface area contributed by atoms with Gasteiger partial charge in [-0.05, 0) is 47.2 Å². The molecule has 0 spiro atoms. The normalized spacial score (nSPS) is 14.9. The molecule has 9 heteroatoms. The molecule has 0 unspecified atom stereocenters. The van der Waals surface area contributed by atoms with E-state index in [1.807, 2.05) is 24.3 Å². The highest BCUT2D eigenvalue weighted by Crippen LogP contribution is 2.23. The molecule has 1 saturated heterocycles. The van der Waals surface area contributed by atoms with Crippen LogP contribution in [-0.4, -0.2) is 55.6 Å². The molecule has 3 aromatic carbocycles. The van der Waals surface area contributed by atoms with E-state index in [2.05, 4.69) is 5.32 Å². The molecule has 1 heterocycles. The molecule has 3 aromatic rings. The third-order valence-corrected chi connectivity index (χ3v) is 7.54. The van der Waals surface area contributed by atoms with Crippen molar-refractivity contribution < 1.29 is 22.4 Å². The number of benzene rings is 3. The molecule has 0 radical (unpaired) electrons. The van der Waals surface area contributed by atoms with Gasteiger partial charge in [-0.25, -0.2) is 12.8 Å². The topological polar surface area (TPSA) is 86.8 Å². The Morgan fingerprint density at radius 3 is 2.21 bits per heavy atom. The zero-order chi connectivity index (χ0) is 23.4. The Kier molecular flexibility index (Phi) is 6.71. The monoisotopic (exact) mass is 469 g/mol. The molecule has 1 aliphatic heterocycles. The van der Waals surface area contributed by atoms with Crippen molar-refractivity contribution >= 4 is 38.3 Å². The number of amides is 2. The maximum absolute atomic E-state index is 13.1. The largest absolute Gasteiger partial charge is 0.340 e. The van der Waals surface area contributed by atoms with Gasteiger partial charge in [-0.1, -0.05) is 30.3 Å². The van der Waals surface area contributed by atoms with Crippen molar-refractivity contribution in [3.05, 3.63) is 72.5 Å². The Morgan fingerprint density at radius 1 is 0.848 bits per heavy atom. The lowest BCUT2D eigenvalue weighted by atomic mass is 10.1. The minimum Gasteiger partial charge on any atom is -0.340 e. The summed E-state index contributed by atoms with van der Waals surface area (Å²) in [5.41, 5.74) is 0.460. The van der Waals surface area contributed by atoms with E-state index in [-0.39, 0.29) is 55.7 Å². The summed E-state index contributed by atoms with van der Waals surface area (Å²) in [5, 5.41) is 4.44. The Balaban J connectivity index is 1.29. The molecule has 4 rings (SSSR count). The van der Waals surface area contributed by atoms with Gasteiger partial charge in [0, 0.05) is 44.7 Å². The van der Waals surface area contributed by atoms with Gasteiger partial charge in [0.2, 0.25) is 21.8 Å². The number of nitrogens with one attached hydrogen (secondary N) is 1. The molecular formula is C24H24FN3O4S. The number of nitrogens with zero attached hydrogens (tertiary/aromatic N) is 2. The lowest BCUT2D eigenvalue weighted by Crippen LogP contribution is -2.50. The molecule has 0 bridgehead atoms. The standard InChI is InChI=1S/C24H24FN3O4S/c25-20-6-8-21(9-7-20)26-23(29)11-12-24(30)27-13-15-28(16-14-27)33(31,32)22-10-5-18-3-1-2-4-19(18)17-22/h1-10,17H,11-16H2,(H,26,29). The average molecular weight is 470 g/mol. The molecule has 0 aromatic heterocycles. The molecule has 33 heavy (non-hydrogen) atoms. The highest BCUT2D eigenvalue weighted by Gasteiger charge is 2.30. The van der Waals surface area contributed by atoms with Gasteiger partial charge in [0.05, 0.1) is 4.90 Å². The number of fused-ring (bicyclic) bond motifs is 1. The van der Waals surface area contributed by atoms with Crippen LogP contribution in [0.15, 0.2) is 71.6 Å². The van der Waals surface area contributed by atoms with E-state index < -0.39 is 15.8 Å². The molecule has 0 aliphatic carbocycles. The molecule has 0 atom stereocenters.